The average molecular weight is 289 g/mol. The zero-order valence-electron chi connectivity index (χ0n) is 11.3. The molecule has 0 unspecified atom stereocenters. The standard InChI is InChI=1S/C14H15N3O4/c18-12-4-6-17(13(19)15-12)11-2-1-9-3-5-16(14(20)21)8-10(9)7-11/h1-2,7H,3-6,8H2,(H,20,21)(H,15,18,19). The van der Waals surface area contributed by atoms with Crippen LogP contribution in [0.15, 0.2) is 18.2 Å². The molecule has 1 aromatic carbocycles. The van der Waals surface area contributed by atoms with E-state index in [1.54, 1.807) is 0 Å². The molecule has 3 rings (SSSR count). The summed E-state index contributed by atoms with van der Waals surface area (Å²) in [5.74, 6) is -0.272. The predicted molar refractivity (Wildman–Crippen MR) is 74.1 cm³/mol. The van der Waals surface area contributed by atoms with Crippen molar-refractivity contribution in [2.24, 2.45) is 0 Å². The molecule has 0 spiro atoms. The average Bonchev–Trinajstić information content (AvgIpc) is 2.46. The van der Waals surface area contributed by atoms with E-state index in [4.69, 9.17) is 5.11 Å². The number of anilines is 1. The molecule has 1 aromatic rings. The Morgan fingerprint density at radius 3 is 2.67 bits per heavy atom. The molecule has 2 aliphatic rings. The Morgan fingerprint density at radius 2 is 1.95 bits per heavy atom. The number of nitrogens with one attached hydrogen (secondary N) is 1. The van der Waals surface area contributed by atoms with E-state index in [2.05, 4.69) is 5.32 Å². The zero-order chi connectivity index (χ0) is 15.0. The van der Waals surface area contributed by atoms with Crippen LogP contribution in [-0.2, 0) is 17.8 Å². The topological polar surface area (TPSA) is 90.0 Å². The van der Waals surface area contributed by atoms with E-state index in [1.165, 1.54) is 9.80 Å². The number of fused-ring (bicyclic) bond motifs is 1. The maximum atomic E-state index is 11.8. The van der Waals surface area contributed by atoms with E-state index < -0.39 is 12.1 Å². The first-order valence-electron chi connectivity index (χ1n) is 6.75. The van der Waals surface area contributed by atoms with Crippen molar-refractivity contribution in [3.63, 3.8) is 0 Å². The van der Waals surface area contributed by atoms with Crippen molar-refractivity contribution < 1.29 is 19.5 Å². The highest BCUT2D eigenvalue weighted by molar-refractivity contribution is 6.05. The molecule has 7 nitrogen and oxygen atoms in total. The van der Waals surface area contributed by atoms with Crippen molar-refractivity contribution in [1.82, 2.24) is 10.2 Å². The lowest BCUT2D eigenvalue weighted by Gasteiger charge is -2.30. The Balaban J connectivity index is 1.86. The lowest BCUT2D eigenvalue weighted by molar-refractivity contribution is -0.120. The van der Waals surface area contributed by atoms with Crippen LogP contribution in [0.2, 0.25) is 0 Å². The highest BCUT2D eigenvalue weighted by Crippen LogP contribution is 2.25. The summed E-state index contributed by atoms with van der Waals surface area (Å²) in [7, 11) is 0. The Bertz CT molecular complexity index is 629. The number of benzene rings is 1. The van der Waals surface area contributed by atoms with Crippen molar-refractivity contribution in [2.45, 2.75) is 19.4 Å². The van der Waals surface area contributed by atoms with E-state index in [9.17, 15) is 14.4 Å². The Morgan fingerprint density at radius 1 is 1.14 bits per heavy atom. The van der Waals surface area contributed by atoms with Gasteiger partial charge in [-0.15, -0.1) is 0 Å². The van der Waals surface area contributed by atoms with Crippen LogP contribution in [0.4, 0.5) is 15.3 Å². The molecule has 2 N–H and O–H groups in total. The summed E-state index contributed by atoms with van der Waals surface area (Å²) >= 11 is 0. The lowest BCUT2D eigenvalue weighted by Crippen LogP contribution is -2.49. The number of rotatable bonds is 1. The van der Waals surface area contributed by atoms with Crippen LogP contribution in [0.5, 0.6) is 0 Å². The van der Waals surface area contributed by atoms with E-state index in [1.807, 2.05) is 18.2 Å². The van der Waals surface area contributed by atoms with E-state index in [0.29, 0.717) is 31.7 Å². The summed E-state index contributed by atoms with van der Waals surface area (Å²) in [6.45, 7) is 1.15. The van der Waals surface area contributed by atoms with Gasteiger partial charge in [-0.05, 0) is 29.7 Å². The largest absolute Gasteiger partial charge is 0.465 e. The number of hydrogen-bond donors (Lipinski definition) is 2. The molecular formula is C14H15N3O4. The second-order valence-electron chi connectivity index (χ2n) is 5.16. The molecule has 2 heterocycles. The minimum absolute atomic E-state index is 0.268. The Kier molecular flexibility index (Phi) is 3.25. The highest BCUT2D eigenvalue weighted by atomic mass is 16.4. The Labute approximate surface area is 121 Å². The third-order valence-corrected chi connectivity index (χ3v) is 3.84. The first kappa shape index (κ1) is 13.4. The fourth-order valence-electron chi connectivity index (χ4n) is 2.69. The van der Waals surface area contributed by atoms with Crippen molar-refractivity contribution in [3.05, 3.63) is 29.3 Å². The third-order valence-electron chi connectivity index (χ3n) is 3.84. The molecule has 0 saturated carbocycles. The van der Waals surface area contributed by atoms with E-state index in [0.717, 1.165) is 11.1 Å². The number of hydrogen-bond acceptors (Lipinski definition) is 3. The molecule has 0 atom stereocenters. The van der Waals surface area contributed by atoms with E-state index in [-0.39, 0.29) is 12.3 Å². The van der Waals surface area contributed by atoms with Crippen molar-refractivity contribution in [3.8, 4) is 0 Å². The summed E-state index contributed by atoms with van der Waals surface area (Å²) in [5.41, 5.74) is 2.70. The molecule has 1 fully saturated rings. The van der Waals surface area contributed by atoms with Gasteiger partial charge >= 0.3 is 12.1 Å². The summed E-state index contributed by atoms with van der Waals surface area (Å²) in [6, 6.07) is 5.16. The predicted octanol–water partition coefficient (Wildman–Crippen LogP) is 1.17. The molecule has 0 bridgehead atoms. The first-order valence-corrected chi connectivity index (χ1v) is 6.75. The fraction of sp³-hybridized carbons (Fsp3) is 0.357. The lowest BCUT2D eigenvalue weighted by atomic mass is 9.99. The molecule has 4 amide bonds. The van der Waals surface area contributed by atoms with E-state index >= 15 is 0 Å². The van der Waals surface area contributed by atoms with Gasteiger partial charge in [-0.2, -0.15) is 0 Å². The third kappa shape index (κ3) is 2.54. The van der Waals surface area contributed by atoms with Crippen LogP contribution in [0, 0.1) is 0 Å². The van der Waals surface area contributed by atoms with Gasteiger partial charge < -0.3 is 10.0 Å². The van der Waals surface area contributed by atoms with Gasteiger partial charge in [0.25, 0.3) is 0 Å². The number of urea groups is 1. The van der Waals surface area contributed by atoms with Gasteiger partial charge in [0.05, 0.1) is 0 Å². The van der Waals surface area contributed by atoms with Crippen molar-refractivity contribution >= 4 is 23.7 Å². The number of nitrogens with zero attached hydrogens (tertiary/aromatic N) is 2. The first-order chi connectivity index (χ1) is 10.0. The number of carbonyl (C=O) groups excluding carboxylic acids is 2. The highest BCUT2D eigenvalue weighted by Gasteiger charge is 2.26. The second kappa shape index (κ2) is 5.08. The monoisotopic (exact) mass is 289 g/mol. The molecule has 21 heavy (non-hydrogen) atoms. The number of carboxylic acid groups (broad SMARTS) is 1. The van der Waals surface area contributed by atoms with Crippen molar-refractivity contribution in [1.29, 1.82) is 0 Å². The number of imide groups is 1. The van der Waals surface area contributed by atoms with Gasteiger partial charge in [0, 0.05) is 31.7 Å². The zero-order valence-corrected chi connectivity index (χ0v) is 11.3. The second-order valence-corrected chi connectivity index (χ2v) is 5.16. The SMILES string of the molecule is O=C1CCN(c2ccc3c(c2)CN(C(=O)O)CC3)C(=O)N1. The molecular weight excluding hydrogens is 274 g/mol. The van der Waals surface area contributed by atoms with Gasteiger partial charge in [-0.25, -0.2) is 9.59 Å². The molecule has 0 radical (unpaired) electrons. The van der Waals surface area contributed by atoms with Crippen LogP contribution in [-0.4, -0.2) is 41.1 Å². The van der Waals surface area contributed by atoms with Gasteiger partial charge in [0.2, 0.25) is 5.91 Å². The van der Waals surface area contributed by atoms with Crippen LogP contribution in [0.1, 0.15) is 17.5 Å². The normalized spacial score (nSPS) is 18.3. The summed E-state index contributed by atoms with van der Waals surface area (Å²) in [6.07, 6.45) is 0.00352. The molecule has 1 saturated heterocycles. The smallest absolute Gasteiger partial charge is 0.407 e. The van der Waals surface area contributed by atoms with Crippen LogP contribution in [0.3, 0.4) is 0 Å². The summed E-state index contributed by atoms with van der Waals surface area (Å²) in [5, 5.41) is 11.3. The van der Waals surface area contributed by atoms with Gasteiger partial charge in [-0.1, -0.05) is 6.07 Å². The summed E-state index contributed by atoms with van der Waals surface area (Å²) < 4.78 is 0. The summed E-state index contributed by atoms with van der Waals surface area (Å²) in [4.78, 5) is 36.9. The van der Waals surface area contributed by atoms with Crippen LogP contribution in [0.25, 0.3) is 0 Å². The molecule has 2 aliphatic heterocycles. The molecule has 0 aliphatic carbocycles. The number of carbonyl (C=O) groups is 3. The minimum atomic E-state index is -0.938. The molecule has 7 heteroatoms. The minimum Gasteiger partial charge on any atom is -0.465 e. The number of amides is 4. The fourth-order valence-corrected chi connectivity index (χ4v) is 2.69. The Hall–Kier alpha value is -2.57. The van der Waals surface area contributed by atoms with Gasteiger partial charge in [0.15, 0.2) is 0 Å². The maximum Gasteiger partial charge on any atom is 0.407 e. The molecule has 110 valence electrons. The van der Waals surface area contributed by atoms with Gasteiger partial charge in [-0.3, -0.25) is 15.0 Å². The quantitative estimate of drug-likeness (QED) is 0.812. The molecule has 0 aromatic heterocycles. The van der Waals surface area contributed by atoms with Gasteiger partial charge in [0.1, 0.15) is 0 Å². The van der Waals surface area contributed by atoms with Crippen molar-refractivity contribution in [2.75, 3.05) is 18.0 Å². The van der Waals surface area contributed by atoms with Crippen LogP contribution < -0.4 is 10.2 Å². The van der Waals surface area contributed by atoms with Crippen LogP contribution >= 0.6 is 0 Å². The maximum absolute atomic E-state index is 11.8.